The highest BCUT2D eigenvalue weighted by atomic mass is 19.1. The topological polar surface area (TPSA) is 54.9 Å². The summed E-state index contributed by atoms with van der Waals surface area (Å²) >= 11 is 0. The molecule has 0 saturated heterocycles. The van der Waals surface area contributed by atoms with Crippen molar-refractivity contribution in [1.29, 1.82) is 0 Å². The lowest BCUT2D eigenvalue weighted by Gasteiger charge is -2.14. The van der Waals surface area contributed by atoms with Crippen LogP contribution in [0.15, 0.2) is 41.4 Å². The molecule has 0 heterocycles. The van der Waals surface area contributed by atoms with E-state index in [9.17, 15) is 8.78 Å². The lowest BCUT2D eigenvalue weighted by molar-refractivity contribution is 0.311. The van der Waals surface area contributed by atoms with Gasteiger partial charge in [-0.1, -0.05) is 0 Å². The number of benzene rings is 2. The summed E-state index contributed by atoms with van der Waals surface area (Å²) in [4.78, 5) is 4.14. The van der Waals surface area contributed by atoms with Gasteiger partial charge in [0.1, 0.15) is 11.6 Å². The minimum Gasteiger partial charge on any atom is -0.493 e. The van der Waals surface area contributed by atoms with Crippen molar-refractivity contribution in [3.8, 4) is 11.5 Å². The number of anilines is 1. The Morgan fingerprint density at radius 3 is 2.42 bits per heavy atom. The average molecular weight is 363 g/mol. The fourth-order valence-electron chi connectivity index (χ4n) is 2.42. The summed E-state index contributed by atoms with van der Waals surface area (Å²) in [7, 11) is 3.23. The summed E-state index contributed by atoms with van der Waals surface area (Å²) in [5.74, 6) is 0.655. The SMILES string of the molecule is CCOc1cc(NC(=NC)NCCc2cc(F)cc(F)c2)ccc1OC. The highest BCUT2D eigenvalue weighted by molar-refractivity contribution is 5.93. The van der Waals surface area contributed by atoms with Crippen molar-refractivity contribution in [3.05, 3.63) is 53.6 Å². The molecule has 0 radical (unpaired) electrons. The van der Waals surface area contributed by atoms with E-state index < -0.39 is 11.6 Å². The first-order chi connectivity index (χ1) is 12.5. The third-order valence-electron chi connectivity index (χ3n) is 3.58. The molecule has 2 rings (SSSR count). The third-order valence-corrected chi connectivity index (χ3v) is 3.58. The van der Waals surface area contributed by atoms with E-state index in [2.05, 4.69) is 15.6 Å². The van der Waals surface area contributed by atoms with Crippen molar-refractivity contribution in [2.45, 2.75) is 13.3 Å². The summed E-state index contributed by atoms with van der Waals surface area (Å²) in [6.45, 7) is 2.89. The molecule has 0 aromatic heterocycles. The molecule has 0 amide bonds. The van der Waals surface area contributed by atoms with Crippen LogP contribution in [0.3, 0.4) is 0 Å². The maximum Gasteiger partial charge on any atom is 0.195 e. The quantitative estimate of drug-likeness (QED) is 0.583. The molecule has 2 N–H and O–H groups in total. The van der Waals surface area contributed by atoms with Gasteiger partial charge in [-0.15, -0.1) is 0 Å². The van der Waals surface area contributed by atoms with Gasteiger partial charge in [0.05, 0.1) is 13.7 Å². The normalized spacial score (nSPS) is 11.2. The Hall–Kier alpha value is -2.83. The predicted octanol–water partition coefficient (Wildman–Crippen LogP) is 3.60. The molecule has 5 nitrogen and oxygen atoms in total. The van der Waals surface area contributed by atoms with E-state index >= 15 is 0 Å². The van der Waals surface area contributed by atoms with Gasteiger partial charge in [-0.05, 0) is 43.2 Å². The van der Waals surface area contributed by atoms with Gasteiger partial charge < -0.3 is 20.1 Å². The minimum absolute atomic E-state index is 0.461. The summed E-state index contributed by atoms with van der Waals surface area (Å²) in [5.41, 5.74) is 1.35. The van der Waals surface area contributed by atoms with Crippen molar-refractivity contribution in [1.82, 2.24) is 5.32 Å². The summed E-state index contributed by atoms with van der Waals surface area (Å²) in [5, 5.41) is 6.25. The Morgan fingerprint density at radius 1 is 1.08 bits per heavy atom. The number of methoxy groups -OCH3 is 1. The molecule has 2 aromatic rings. The van der Waals surface area contributed by atoms with Crippen LogP contribution in [-0.2, 0) is 6.42 Å². The highest BCUT2D eigenvalue weighted by Gasteiger charge is 2.07. The van der Waals surface area contributed by atoms with Gasteiger partial charge in [0.15, 0.2) is 17.5 Å². The molecule has 26 heavy (non-hydrogen) atoms. The molecule has 0 spiro atoms. The smallest absolute Gasteiger partial charge is 0.195 e. The lowest BCUT2D eigenvalue weighted by atomic mass is 10.1. The van der Waals surface area contributed by atoms with Crippen LogP contribution in [0.4, 0.5) is 14.5 Å². The Morgan fingerprint density at radius 2 is 1.81 bits per heavy atom. The maximum atomic E-state index is 13.2. The average Bonchev–Trinajstić information content (AvgIpc) is 2.60. The maximum absolute atomic E-state index is 13.2. The molecular formula is C19H23F2N3O2. The van der Waals surface area contributed by atoms with E-state index in [1.165, 1.54) is 12.1 Å². The molecule has 0 aliphatic carbocycles. The van der Waals surface area contributed by atoms with Crippen molar-refractivity contribution >= 4 is 11.6 Å². The molecule has 0 saturated carbocycles. The molecule has 0 atom stereocenters. The van der Waals surface area contributed by atoms with Crippen molar-refractivity contribution < 1.29 is 18.3 Å². The number of hydrogen-bond acceptors (Lipinski definition) is 3. The van der Waals surface area contributed by atoms with Crippen LogP contribution >= 0.6 is 0 Å². The number of halogens is 2. The van der Waals surface area contributed by atoms with E-state index in [4.69, 9.17) is 9.47 Å². The van der Waals surface area contributed by atoms with E-state index in [-0.39, 0.29) is 0 Å². The zero-order valence-electron chi connectivity index (χ0n) is 15.1. The van der Waals surface area contributed by atoms with E-state index in [1.54, 1.807) is 20.2 Å². The van der Waals surface area contributed by atoms with Crippen molar-refractivity contribution in [2.24, 2.45) is 4.99 Å². The van der Waals surface area contributed by atoms with Gasteiger partial charge in [-0.25, -0.2) is 8.78 Å². The highest BCUT2D eigenvalue weighted by Crippen LogP contribution is 2.30. The number of ether oxygens (including phenoxy) is 2. The second-order valence-corrected chi connectivity index (χ2v) is 5.45. The summed E-state index contributed by atoms with van der Waals surface area (Å²) < 4.78 is 37.2. The molecule has 0 bridgehead atoms. The number of rotatable bonds is 7. The van der Waals surface area contributed by atoms with Crippen LogP contribution in [0.1, 0.15) is 12.5 Å². The Labute approximate surface area is 152 Å². The summed E-state index contributed by atoms with van der Waals surface area (Å²) in [6.07, 6.45) is 0.461. The number of guanidine groups is 1. The summed E-state index contributed by atoms with van der Waals surface area (Å²) in [6, 6.07) is 8.96. The molecular weight excluding hydrogens is 340 g/mol. The van der Waals surface area contributed by atoms with Gasteiger partial charge >= 0.3 is 0 Å². The standard InChI is InChI=1S/C19H23F2N3O2/c1-4-26-18-12-16(5-6-17(18)25-3)24-19(22-2)23-8-7-13-9-14(20)11-15(21)10-13/h5-6,9-12H,4,7-8H2,1-3H3,(H2,22,23,24). The lowest BCUT2D eigenvalue weighted by Crippen LogP contribution is -2.32. The largest absolute Gasteiger partial charge is 0.493 e. The predicted molar refractivity (Wildman–Crippen MR) is 99.2 cm³/mol. The van der Waals surface area contributed by atoms with E-state index in [0.717, 1.165) is 11.8 Å². The molecule has 0 aliphatic rings. The number of aliphatic imine (C=N–C) groups is 1. The second kappa shape index (κ2) is 9.60. The van der Waals surface area contributed by atoms with Gasteiger partial charge in [0, 0.05) is 31.4 Å². The molecule has 0 fully saturated rings. The van der Waals surface area contributed by atoms with Gasteiger partial charge in [-0.3, -0.25) is 4.99 Å². The zero-order chi connectivity index (χ0) is 18.9. The van der Waals surface area contributed by atoms with Crippen LogP contribution in [0.5, 0.6) is 11.5 Å². The van der Waals surface area contributed by atoms with Gasteiger partial charge in [0.25, 0.3) is 0 Å². The minimum atomic E-state index is -0.579. The molecule has 7 heteroatoms. The number of hydrogen-bond donors (Lipinski definition) is 2. The van der Waals surface area contributed by atoms with Crippen LogP contribution < -0.4 is 20.1 Å². The van der Waals surface area contributed by atoms with Gasteiger partial charge in [0.2, 0.25) is 0 Å². The Bertz CT molecular complexity index is 746. The third kappa shape index (κ3) is 5.61. The number of nitrogens with one attached hydrogen (secondary N) is 2. The van der Waals surface area contributed by atoms with Crippen LogP contribution in [-0.4, -0.2) is 33.3 Å². The van der Waals surface area contributed by atoms with Gasteiger partial charge in [-0.2, -0.15) is 0 Å². The molecule has 2 aromatic carbocycles. The van der Waals surface area contributed by atoms with Crippen LogP contribution in [0, 0.1) is 11.6 Å². The Balaban J connectivity index is 1.96. The zero-order valence-corrected chi connectivity index (χ0v) is 15.1. The van der Waals surface area contributed by atoms with E-state index in [0.29, 0.717) is 42.6 Å². The van der Waals surface area contributed by atoms with Crippen molar-refractivity contribution in [2.75, 3.05) is 32.6 Å². The molecule has 0 unspecified atom stereocenters. The first kappa shape index (κ1) is 19.5. The fourth-order valence-corrected chi connectivity index (χ4v) is 2.42. The Kier molecular flexibility index (Phi) is 7.20. The monoisotopic (exact) mass is 363 g/mol. The fraction of sp³-hybridized carbons (Fsp3) is 0.316. The number of nitrogens with zero attached hydrogens (tertiary/aromatic N) is 1. The van der Waals surface area contributed by atoms with Crippen LogP contribution in [0.25, 0.3) is 0 Å². The second-order valence-electron chi connectivity index (χ2n) is 5.45. The molecule has 0 aliphatic heterocycles. The van der Waals surface area contributed by atoms with Crippen LogP contribution in [0.2, 0.25) is 0 Å². The first-order valence-electron chi connectivity index (χ1n) is 8.29. The van der Waals surface area contributed by atoms with Crippen molar-refractivity contribution in [3.63, 3.8) is 0 Å². The van der Waals surface area contributed by atoms with E-state index in [1.807, 2.05) is 19.1 Å². The molecule has 140 valence electrons. The first-order valence-corrected chi connectivity index (χ1v) is 8.29.